The van der Waals surface area contributed by atoms with Crippen molar-refractivity contribution in [3.63, 3.8) is 0 Å². The molecule has 0 saturated carbocycles. The lowest BCUT2D eigenvalue weighted by Gasteiger charge is -2.12. The molecule has 1 aromatic carbocycles. The fraction of sp³-hybridized carbons (Fsp3) is 0.333. The highest BCUT2D eigenvalue weighted by atomic mass is 35.5. The third kappa shape index (κ3) is 1.98. The molecule has 0 bridgehead atoms. The molecule has 1 atom stereocenters. The molecule has 0 fully saturated rings. The first kappa shape index (κ1) is 10.4. The highest BCUT2D eigenvalue weighted by molar-refractivity contribution is 6.31. The van der Waals surface area contributed by atoms with Crippen molar-refractivity contribution in [2.75, 3.05) is 0 Å². The van der Waals surface area contributed by atoms with Crippen LogP contribution in [0.1, 0.15) is 24.9 Å². The number of rotatable bonds is 2. The smallest absolute Gasteiger partial charge is 0.142 e. The number of hydrogen-bond acceptors (Lipinski definition) is 1. The molecule has 0 heterocycles. The summed E-state index contributed by atoms with van der Waals surface area (Å²) in [5.41, 5.74) is 5.63. The molecule has 0 aliphatic rings. The van der Waals surface area contributed by atoms with Crippen LogP contribution in [0.25, 0.3) is 0 Å². The minimum absolute atomic E-state index is 0.0594. The molecule has 0 saturated heterocycles. The standard InChI is InChI=1S/C9H10ClF2N/c1-2-7(13)8-5(11)3-4-6(12)9(8)10/h3-4,7H,2,13H2,1H3/t7-/m0/s1. The van der Waals surface area contributed by atoms with Crippen LogP contribution in [-0.2, 0) is 0 Å². The van der Waals surface area contributed by atoms with Crippen molar-refractivity contribution in [3.05, 3.63) is 34.4 Å². The van der Waals surface area contributed by atoms with E-state index in [1.807, 2.05) is 0 Å². The van der Waals surface area contributed by atoms with E-state index in [1.54, 1.807) is 6.92 Å². The predicted molar refractivity (Wildman–Crippen MR) is 48.6 cm³/mol. The first-order valence-electron chi connectivity index (χ1n) is 3.96. The Hall–Kier alpha value is -0.670. The summed E-state index contributed by atoms with van der Waals surface area (Å²) < 4.78 is 26.0. The van der Waals surface area contributed by atoms with Gasteiger partial charge in [0.25, 0.3) is 0 Å². The lowest BCUT2D eigenvalue weighted by atomic mass is 10.0. The molecule has 0 aliphatic carbocycles. The number of benzene rings is 1. The topological polar surface area (TPSA) is 26.0 Å². The Morgan fingerprint density at radius 2 is 1.92 bits per heavy atom. The van der Waals surface area contributed by atoms with Gasteiger partial charge in [0, 0.05) is 11.6 Å². The molecule has 0 radical (unpaired) electrons. The van der Waals surface area contributed by atoms with Gasteiger partial charge in [-0.1, -0.05) is 18.5 Å². The zero-order chi connectivity index (χ0) is 10.0. The molecule has 1 aromatic rings. The van der Waals surface area contributed by atoms with Crippen LogP contribution in [0.15, 0.2) is 12.1 Å². The fourth-order valence-electron chi connectivity index (χ4n) is 1.09. The number of nitrogens with two attached hydrogens (primary N) is 1. The van der Waals surface area contributed by atoms with Crippen molar-refractivity contribution in [1.82, 2.24) is 0 Å². The number of halogens is 3. The molecular formula is C9H10ClF2N. The van der Waals surface area contributed by atoms with Gasteiger partial charge < -0.3 is 5.73 Å². The van der Waals surface area contributed by atoms with Gasteiger partial charge in [-0.25, -0.2) is 8.78 Å². The summed E-state index contributed by atoms with van der Waals surface area (Å²) in [4.78, 5) is 0. The molecule has 0 spiro atoms. The summed E-state index contributed by atoms with van der Waals surface area (Å²) in [5.74, 6) is -1.19. The third-order valence-electron chi connectivity index (χ3n) is 1.89. The van der Waals surface area contributed by atoms with Crippen LogP contribution >= 0.6 is 11.6 Å². The Bertz CT molecular complexity index is 315. The van der Waals surface area contributed by atoms with Crippen LogP contribution in [0.3, 0.4) is 0 Å². The van der Waals surface area contributed by atoms with Gasteiger partial charge >= 0.3 is 0 Å². The largest absolute Gasteiger partial charge is 0.324 e. The van der Waals surface area contributed by atoms with Crippen LogP contribution < -0.4 is 5.73 Å². The van der Waals surface area contributed by atoms with E-state index in [0.29, 0.717) is 6.42 Å². The van der Waals surface area contributed by atoms with Crippen molar-refractivity contribution >= 4 is 11.6 Å². The maximum absolute atomic E-state index is 13.1. The zero-order valence-corrected chi connectivity index (χ0v) is 7.91. The molecule has 0 aromatic heterocycles. The van der Waals surface area contributed by atoms with Crippen LogP contribution in [0.2, 0.25) is 5.02 Å². The highest BCUT2D eigenvalue weighted by Crippen LogP contribution is 2.28. The lowest BCUT2D eigenvalue weighted by Crippen LogP contribution is -2.12. The van der Waals surface area contributed by atoms with E-state index >= 15 is 0 Å². The van der Waals surface area contributed by atoms with E-state index in [0.717, 1.165) is 12.1 Å². The summed E-state index contributed by atoms with van der Waals surface area (Å²) >= 11 is 5.58. The lowest BCUT2D eigenvalue weighted by molar-refractivity contribution is 0.557. The molecule has 1 rings (SSSR count). The minimum atomic E-state index is -0.637. The normalized spacial score (nSPS) is 13.0. The first-order chi connectivity index (χ1) is 6.07. The van der Waals surface area contributed by atoms with Gasteiger partial charge in [-0.15, -0.1) is 0 Å². The van der Waals surface area contributed by atoms with Crippen molar-refractivity contribution in [2.45, 2.75) is 19.4 Å². The van der Waals surface area contributed by atoms with E-state index in [9.17, 15) is 8.78 Å². The van der Waals surface area contributed by atoms with E-state index in [4.69, 9.17) is 17.3 Å². The maximum Gasteiger partial charge on any atom is 0.142 e. The van der Waals surface area contributed by atoms with Crippen molar-refractivity contribution < 1.29 is 8.78 Å². The van der Waals surface area contributed by atoms with Crippen molar-refractivity contribution in [3.8, 4) is 0 Å². The Morgan fingerprint density at radius 3 is 2.46 bits per heavy atom. The molecule has 1 nitrogen and oxygen atoms in total. The molecule has 0 amide bonds. The Morgan fingerprint density at radius 1 is 1.38 bits per heavy atom. The summed E-state index contributed by atoms with van der Waals surface area (Å²) in [5, 5.41) is -0.214. The average Bonchev–Trinajstić information content (AvgIpc) is 2.12. The molecule has 0 unspecified atom stereocenters. The van der Waals surface area contributed by atoms with Crippen LogP contribution in [0, 0.1) is 11.6 Å². The molecule has 13 heavy (non-hydrogen) atoms. The minimum Gasteiger partial charge on any atom is -0.324 e. The van der Waals surface area contributed by atoms with E-state index in [1.165, 1.54) is 0 Å². The van der Waals surface area contributed by atoms with Crippen LogP contribution in [-0.4, -0.2) is 0 Å². The molecule has 2 N–H and O–H groups in total. The summed E-state index contributed by atoms with van der Waals surface area (Å²) in [6.45, 7) is 1.78. The average molecular weight is 206 g/mol. The first-order valence-corrected chi connectivity index (χ1v) is 4.34. The summed E-state index contributed by atoms with van der Waals surface area (Å²) in [6.07, 6.45) is 0.514. The molecule has 0 aliphatic heterocycles. The van der Waals surface area contributed by atoms with E-state index in [2.05, 4.69) is 0 Å². The highest BCUT2D eigenvalue weighted by Gasteiger charge is 2.16. The van der Waals surface area contributed by atoms with Gasteiger partial charge in [0.2, 0.25) is 0 Å². The van der Waals surface area contributed by atoms with Gasteiger partial charge in [0.15, 0.2) is 0 Å². The molecular weight excluding hydrogens is 196 g/mol. The number of hydrogen-bond donors (Lipinski definition) is 1. The van der Waals surface area contributed by atoms with Crippen molar-refractivity contribution in [1.29, 1.82) is 0 Å². The summed E-state index contributed by atoms with van der Waals surface area (Å²) in [7, 11) is 0. The predicted octanol–water partition coefficient (Wildman–Crippen LogP) is 3.03. The quantitative estimate of drug-likeness (QED) is 0.738. The fourth-order valence-corrected chi connectivity index (χ4v) is 1.38. The second kappa shape index (κ2) is 4.03. The SMILES string of the molecule is CC[C@H](N)c1c(F)ccc(F)c1Cl. The Balaban J connectivity index is 3.25. The van der Waals surface area contributed by atoms with Crippen molar-refractivity contribution in [2.24, 2.45) is 5.73 Å². The third-order valence-corrected chi connectivity index (χ3v) is 2.27. The summed E-state index contributed by atoms with van der Waals surface area (Å²) in [6, 6.07) is 1.47. The van der Waals surface area contributed by atoms with Gasteiger partial charge in [0.05, 0.1) is 5.02 Å². The van der Waals surface area contributed by atoms with E-state index < -0.39 is 17.7 Å². The molecule has 4 heteroatoms. The van der Waals surface area contributed by atoms with Gasteiger partial charge in [-0.2, -0.15) is 0 Å². The second-order valence-corrected chi connectivity index (χ2v) is 3.15. The van der Waals surface area contributed by atoms with Gasteiger partial charge in [-0.05, 0) is 18.6 Å². The zero-order valence-electron chi connectivity index (χ0n) is 7.15. The maximum atomic E-state index is 13.1. The monoisotopic (exact) mass is 205 g/mol. The van der Waals surface area contributed by atoms with Gasteiger partial charge in [-0.3, -0.25) is 0 Å². The Kier molecular flexibility index (Phi) is 3.22. The van der Waals surface area contributed by atoms with E-state index in [-0.39, 0.29) is 10.6 Å². The second-order valence-electron chi connectivity index (χ2n) is 2.77. The van der Waals surface area contributed by atoms with Crippen LogP contribution in [0.5, 0.6) is 0 Å². The van der Waals surface area contributed by atoms with Gasteiger partial charge in [0.1, 0.15) is 11.6 Å². The molecule has 72 valence electrons. The van der Waals surface area contributed by atoms with Crippen LogP contribution in [0.4, 0.5) is 8.78 Å². The Labute approximate surface area is 80.5 Å².